The lowest BCUT2D eigenvalue weighted by Crippen LogP contribution is -2.24. The summed E-state index contributed by atoms with van der Waals surface area (Å²) >= 11 is 0. The lowest BCUT2D eigenvalue weighted by atomic mass is 9.91. The summed E-state index contributed by atoms with van der Waals surface area (Å²) in [6, 6.07) is 3.12. The van der Waals surface area contributed by atoms with Crippen molar-refractivity contribution in [1.82, 2.24) is 0 Å². The van der Waals surface area contributed by atoms with Crippen molar-refractivity contribution in [3.63, 3.8) is 0 Å². The highest BCUT2D eigenvalue weighted by Crippen LogP contribution is 2.30. The molecule has 1 unspecified atom stereocenters. The molecule has 0 saturated carbocycles. The molecule has 0 spiro atoms. The van der Waals surface area contributed by atoms with E-state index in [4.69, 9.17) is 0 Å². The van der Waals surface area contributed by atoms with Crippen LogP contribution < -0.4 is 0 Å². The molecule has 0 saturated heterocycles. The predicted molar refractivity (Wildman–Crippen MR) is 128 cm³/mol. The van der Waals surface area contributed by atoms with Crippen molar-refractivity contribution in [2.75, 3.05) is 0 Å². The second kappa shape index (κ2) is 12.6. The Labute approximate surface area is 183 Å². The average Bonchev–Trinajstić information content (AvgIpc) is 2.68. The van der Waals surface area contributed by atoms with Gasteiger partial charge in [-0.05, 0) is 109 Å². The van der Waals surface area contributed by atoms with Crippen molar-refractivity contribution in [2.24, 2.45) is 0 Å². The summed E-state index contributed by atoms with van der Waals surface area (Å²) in [5.74, 6) is 0.355. The zero-order valence-corrected chi connectivity index (χ0v) is 19.9. The Balaban J connectivity index is 2.47. The Morgan fingerprint density at radius 1 is 0.933 bits per heavy atom. The van der Waals surface area contributed by atoms with Gasteiger partial charge in [-0.1, -0.05) is 41.9 Å². The van der Waals surface area contributed by atoms with Crippen molar-refractivity contribution in [3.05, 3.63) is 58.2 Å². The van der Waals surface area contributed by atoms with Gasteiger partial charge >= 0.3 is 0 Å². The number of phenols is 2. The van der Waals surface area contributed by atoms with Gasteiger partial charge in [0.05, 0.1) is 5.60 Å². The van der Waals surface area contributed by atoms with E-state index in [1.165, 1.54) is 16.7 Å². The Bertz CT molecular complexity index is 767. The van der Waals surface area contributed by atoms with Crippen LogP contribution in [0.2, 0.25) is 0 Å². The van der Waals surface area contributed by atoms with Crippen LogP contribution in [0.1, 0.15) is 90.7 Å². The first-order valence-electron chi connectivity index (χ1n) is 11.2. The van der Waals surface area contributed by atoms with Gasteiger partial charge in [0.2, 0.25) is 0 Å². The van der Waals surface area contributed by atoms with Crippen LogP contribution >= 0.6 is 0 Å². The lowest BCUT2D eigenvalue weighted by Gasteiger charge is -2.22. The van der Waals surface area contributed by atoms with E-state index in [1.54, 1.807) is 19.1 Å². The van der Waals surface area contributed by atoms with E-state index in [9.17, 15) is 15.3 Å². The highest BCUT2D eigenvalue weighted by atomic mass is 16.3. The molecule has 1 aromatic rings. The van der Waals surface area contributed by atoms with Gasteiger partial charge in [-0.25, -0.2) is 0 Å². The Kier molecular flexibility index (Phi) is 11.0. The molecular formula is C27H42O3. The SMILES string of the molecule is CC/C(C)=C/CC/C(C)=C/CC/C(C)=C/CC(C)(O)CCc1cc(O)cc(C)c1O. The van der Waals surface area contributed by atoms with Crippen molar-refractivity contribution < 1.29 is 15.3 Å². The fourth-order valence-electron chi connectivity index (χ4n) is 3.36. The van der Waals surface area contributed by atoms with Crippen LogP contribution in [-0.2, 0) is 6.42 Å². The van der Waals surface area contributed by atoms with Crippen LogP contribution in [0, 0.1) is 6.92 Å². The molecule has 3 N–H and O–H groups in total. The normalized spacial score (nSPS) is 15.4. The van der Waals surface area contributed by atoms with Gasteiger partial charge in [0, 0.05) is 0 Å². The number of hydrogen-bond donors (Lipinski definition) is 3. The molecule has 0 heterocycles. The summed E-state index contributed by atoms with van der Waals surface area (Å²) < 4.78 is 0. The first-order valence-corrected chi connectivity index (χ1v) is 11.2. The first kappa shape index (κ1) is 26.0. The summed E-state index contributed by atoms with van der Waals surface area (Å²) in [7, 11) is 0. The number of phenolic OH excluding ortho intramolecular Hbond substituents is 2. The second-order valence-electron chi connectivity index (χ2n) is 9.05. The molecule has 0 radical (unpaired) electrons. The number of aliphatic hydroxyl groups is 1. The van der Waals surface area contributed by atoms with E-state index >= 15 is 0 Å². The van der Waals surface area contributed by atoms with E-state index in [0.717, 1.165) is 32.1 Å². The van der Waals surface area contributed by atoms with Crippen LogP contribution in [0.25, 0.3) is 0 Å². The number of aromatic hydroxyl groups is 2. The molecular weight excluding hydrogens is 372 g/mol. The molecule has 3 heteroatoms. The summed E-state index contributed by atoms with van der Waals surface area (Å²) in [5.41, 5.74) is 4.68. The molecule has 0 aliphatic heterocycles. The standard InChI is InChI=1S/C27H42O3/c1-7-20(2)10-8-11-21(3)12-9-13-22(4)14-16-27(6,30)17-15-24-19-25(28)18-23(5)26(24)29/h10,12,14,18-19,28-30H,7-9,11,13,15-17H2,1-6H3/b20-10+,21-12+,22-14+. The van der Waals surface area contributed by atoms with Gasteiger partial charge in [-0.2, -0.15) is 0 Å². The monoisotopic (exact) mass is 414 g/mol. The molecule has 1 aromatic carbocycles. The molecule has 0 amide bonds. The third kappa shape index (κ3) is 10.2. The maximum Gasteiger partial charge on any atom is 0.121 e. The number of hydrogen-bond acceptors (Lipinski definition) is 3. The molecule has 0 aliphatic carbocycles. The number of rotatable bonds is 12. The van der Waals surface area contributed by atoms with Crippen LogP contribution in [-0.4, -0.2) is 20.9 Å². The van der Waals surface area contributed by atoms with E-state index in [2.05, 4.69) is 45.9 Å². The van der Waals surface area contributed by atoms with E-state index in [0.29, 0.717) is 30.4 Å². The molecule has 1 rings (SSSR count). The Hall–Kier alpha value is -2.00. The third-order valence-electron chi connectivity index (χ3n) is 5.81. The van der Waals surface area contributed by atoms with Gasteiger partial charge in [-0.3, -0.25) is 0 Å². The highest BCUT2D eigenvalue weighted by molar-refractivity contribution is 5.45. The minimum absolute atomic E-state index is 0.149. The van der Waals surface area contributed by atoms with Gasteiger partial charge in [0.15, 0.2) is 0 Å². The third-order valence-corrected chi connectivity index (χ3v) is 5.81. The van der Waals surface area contributed by atoms with Crippen molar-refractivity contribution in [1.29, 1.82) is 0 Å². The van der Waals surface area contributed by atoms with E-state index in [1.807, 2.05) is 6.92 Å². The summed E-state index contributed by atoms with van der Waals surface area (Å²) in [4.78, 5) is 0. The van der Waals surface area contributed by atoms with Crippen LogP contribution in [0.3, 0.4) is 0 Å². The van der Waals surface area contributed by atoms with Crippen molar-refractivity contribution >= 4 is 0 Å². The molecule has 30 heavy (non-hydrogen) atoms. The summed E-state index contributed by atoms with van der Waals surface area (Å²) in [6.07, 6.45) is 13.8. The van der Waals surface area contributed by atoms with Gasteiger partial charge in [-0.15, -0.1) is 0 Å². The second-order valence-corrected chi connectivity index (χ2v) is 9.05. The Morgan fingerprint density at radius 2 is 1.50 bits per heavy atom. The average molecular weight is 415 g/mol. The zero-order valence-electron chi connectivity index (χ0n) is 19.9. The minimum atomic E-state index is -0.845. The van der Waals surface area contributed by atoms with Gasteiger partial charge in [0.1, 0.15) is 11.5 Å². The molecule has 0 aliphatic rings. The smallest absolute Gasteiger partial charge is 0.121 e. The Morgan fingerprint density at radius 3 is 2.10 bits per heavy atom. The highest BCUT2D eigenvalue weighted by Gasteiger charge is 2.20. The number of aryl methyl sites for hydroxylation is 2. The summed E-state index contributed by atoms with van der Waals surface area (Å²) in [5, 5.41) is 30.6. The fourth-order valence-corrected chi connectivity index (χ4v) is 3.36. The minimum Gasteiger partial charge on any atom is -0.508 e. The number of allylic oxidation sites excluding steroid dienone is 5. The quantitative estimate of drug-likeness (QED) is 0.248. The molecule has 0 bridgehead atoms. The maximum absolute atomic E-state index is 10.7. The van der Waals surface area contributed by atoms with Crippen LogP contribution in [0.5, 0.6) is 11.5 Å². The largest absolute Gasteiger partial charge is 0.508 e. The maximum atomic E-state index is 10.7. The van der Waals surface area contributed by atoms with Crippen LogP contribution in [0.4, 0.5) is 0 Å². The topological polar surface area (TPSA) is 60.7 Å². The molecule has 1 atom stereocenters. The molecule has 3 nitrogen and oxygen atoms in total. The van der Waals surface area contributed by atoms with Gasteiger partial charge < -0.3 is 15.3 Å². The molecule has 0 fully saturated rings. The zero-order chi connectivity index (χ0) is 22.7. The van der Waals surface area contributed by atoms with Crippen molar-refractivity contribution in [2.45, 2.75) is 98.5 Å². The van der Waals surface area contributed by atoms with Gasteiger partial charge in [0.25, 0.3) is 0 Å². The summed E-state index contributed by atoms with van der Waals surface area (Å²) in [6.45, 7) is 12.3. The first-order chi connectivity index (χ1) is 14.0. The predicted octanol–water partition coefficient (Wildman–Crippen LogP) is 7.29. The fraction of sp³-hybridized carbons (Fsp3) is 0.556. The van der Waals surface area contributed by atoms with Crippen molar-refractivity contribution in [3.8, 4) is 11.5 Å². The molecule has 168 valence electrons. The lowest BCUT2D eigenvalue weighted by molar-refractivity contribution is 0.0540. The molecule has 0 aromatic heterocycles. The van der Waals surface area contributed by atoms with Crippen LogP contribution in [0.15, 0.2) is 47.1 Å². The van der Waals surface area contributed by atoms with E-state index < -0.39 is 5.60 Å². The van der Waals surface area contributed by atoms with E-state index in [-0.39, 0.29) is 11.5 Å². The number of benzene rings is 1.